The Kier molecular flexibility index (Phi) is 3.91. The second kappa shape index (κ2) is 5.88. The number of methoxy groups -OCH3 is 1. The van der Waals surface area contributed by atoms with Crippen LogP contribution >= 0.6 is 0 Å². The van der Waals surface area contributed by atoms with Crippen LogP contribution in [0.2, 0.25) is 0 Å². The minimum absolute atomic E-state index is 0.0613. The van der Waals surface area contributed by atoms with Crippen molar-refractivity contribution in [1.29, 1.82) is 0 Å². The first kappa shape index (κ1) is 15.3. The van der Waals surface area contributed by atoms with Crippen molar-refractivity contribution in [2.75, 3.05) is 24.7 Å². The molecule has 3 rings (SSSR count). The van der Waals surface area contributed by atoms with Crippen molar-refractivity contribution in [2.45, 2.75) is 0 Å². The van der Waals surface area contributed by atoms with E-state index < -0.39 is 10.0 Å². The number of carbonyl (C=O) groups is 1. The second-order valence-corrected chi connectivity index (χ2v) is 6.78. The van der Waals surface area contributed by atoms with Crippen molar-refractivity contribution in [3.63, 3.8) is 0 Å². The predicted octanol–water partition coefficient (Wildman–Crippen LogP) is 1.13. The summed E-state index contributed by atoms with van der Waals surface area (Å²) in [6.07, 6.45) is 4.68. The molecule has 1 amide bonds. The lowest BCUT2D eigenvalue weighted by Crippen LogP contribution is -2.37. The predicted molar refractivity (Wildman–Crippen MR) is 86.8 cm³/mol. The normalized spacial score (nSPS) is 18.6. The number of rotatable bonds is 3. The van der Waals surface area contributed by atoms with E-state index in [9.17, 15) is 13.2 Å². The van der Waals surface area contributed by atoms with Gasteiger partial charge in [-0.2, -0.15) is 0 Å². The highest BCUT2D eigenvalue weighted by Crippen LogP contribution is 2.19. The van der Waals surface area contributed by atoms with Gasteiger partial charge in [0.2, 0.25) is 0 Å². The van der Waals surface area contributed by atoms with Gasteiger partial charge in [0.15, 0.2) is 0 Å². The SMILES string of the molecule is COc1ccc(NC(=O)C2=CN3CCS(=O)(=O)N=C3C=C2)cc1. The summed E-state index contributed by atoms with van der Waals surface area (Å²) in [7, 11) is -1.82. The van der Waals surface area contributed by atoms with Gasteiger partial charge in [0.25, 0.3) is 15.9 Å². The fourth-order valence-corrected chi connectivity index (χ4v) is 3.18. The van der Waals surface area contributed by atoms with Gasteiger partial charge < -0.3 is 15.0 Å². The number of amides is 1. The van der Waals surface area contributed by atoms with Crippen molar-refractivity contribution < 1.29 is 17.9 Å². The molecule has 0 saturated heterocycles. The molecule has 0 spiro atoms. The molecule has 0 radical (unpaired) electrons. The first-order chi connectivity index (χ1) is 11.0. The summed E-state index contributed by atoms with van der Waals surface area (Å²) in [5.74, 6) is 0.695. The van der Waals surface area contributed by atoms with Crippen LogP contribution in [0, 0.1) is 0 Å². The Labute approximate surface area is 134 Å². The molecular weight excluding hydrogens is 318 g/mol. The van der Waals surface area contributed by atoms with Crippen LogP contribution in [0.4, 0.5) is 5.69 Å². The van der Waals surface area contributed by atoms with Gasteiger partial charge in [-0.1, -0.05) is 0 Å². The number of fused-ring (bicyclic) bond motifs is 1. The molecule has 8 heteroatoms. The van der Waals surface area contributed by atoms with Crippen LogP contribution in [0.3, 0.4) is 0 Å². The molecule has 1 N–H and O–H groups in total. The van der Waals surface area contributed by atoms with Crippen molar-refractivity contribution >= 4 is 27.5 Å². The van der Waals surface area contributed by atoms with Crippen LogP contribution in [0.25, 0.3) is 0 Å². The third kappa shape index (κ3) is 3.42. The molecule has 1 aromatic carbocycles. The van der Waals surface area contributed by atoms with E-state index in [4.69, 9.17) is 4.74 Å². The molecule has 0 atom stereocenters. The molecule has 23 heavy (non-hydrogen) atoms. The molecule has 0 saturated carbocycles. The highest BCUT2D eigenvalue weighted by atomic mass is 32.2. The first-order valence-electron chi connectivity index (χ1n) is 6.91. The van der Waals surface area contributed by atoms with Gasteiger partial charge >= 0.3 is 0 Å². The molecule has 2 aliphatic rings. The monoisotopic (exact) mass is 333 g/mol. The molecule has 2 aliphatic heterocycles. The molecule has 0 aliphatic carbocycles. The maximum atomic E-state index is 12.3. The molecule has 0 aromatic heterocycles. The van der Waals surface area contributed by atoms with E-state index in [1.807, 2.05) is 0 Å². The maximum Gasteiger partial charge on any atom is 0.257 e. The highest BCUT2D eigenvalue weighted by Gasteiger charge is 2.24. The van der Waals surface area contributed by atoms with Gasteiger partial charge in [-0.25, -0.2) is 8.42 Å². The molecule has 7 nitrogen and oxygen atoms in total. The number of anilines is 1. The minimum atomic E-state index is -3.39. The Morgan fingerprint density at radius 1 is 1.26 bits per heavy atom. The Hall–Kier alpha value is -2.61. The van der Waals surface area contributed by atoms with E-state index in [0.29, 0.717) is 22.8 Å². The number of amidine groups is 1. The molecule has 120 valence electrons. The minimum Gasteiger partial charge on any atom is -0.497 e. The fourth-order valence-electron chi connectivity index (χ4n) is 2.21. The zero-order valence-corrected chi connectivity index (χ0v) is 13.2. The molecule has 0 bridgehead atoms. The van der Waals surface area contributed by atoms with Crippen LogP contribution < -0.4 is 10.1 Å². The van der Waals surface area contributed by atoms with Crippen molar-refractivity contribution in [3.8, 4) is 5.75 Å². The Morgan fingerprint density at radius 2 is 2.00 bits per heavy atom. The summed E-state index contributed by atoms with van der Waals surface area (Å²) in [4.78, 5) is 13.9. The van der Waals surface area contributed by atoms with Crippen molar-refractivity contribution in [1.82, 2.24) is 4.90 Å². The average molecular weight is 333 g/mol. The zero-order chi connectivity index (χ0) is 16.4. The molecule has 1 aromatic rings. The van der Waals surface area contributed by atoms with Gasteiger partial charge in [0.05, 0.1) is 18.4 Å². The van der Waals surface area contributed by atoms with Crippen molar-refractivity contribution in [2.24, 2.45) is 4.40 Å². The number of benzene rings is 1. The van der Waals surface area contributed by atoms with Gasteiger partial charge in [0, 0.05) is 18.4 Å². The summed E-state index contributed by atoms with van der Waals surface area (Å²) in [5, 5.41) is 2.78. The zero-order valence-electron chi connectivity index (χ0n) is 12.4. The number of nitrogens with zero attached hydrogens (tertiary/aromatic N) is 2. The van der Waals surface area contributed by atoms with Crippen LogP contribution in [0.5, 0.6) is 5.75 Å². The van der Waals surface area contributed by atoms with E-state index >= 15 is 0 Å². The Morgan fingerprint density at radius 3 is 2.70 bits per heavy atom. The van der Waals surface area contributed by atoms with E-state index in [0.717, 1.165) is 0 Å². The maximum absolute atomic E-state index is 12.3. The van der Waals surface area contributed by atoms with Crippen LogP contribution in [0.1, 0.15) is 0 Å². The van der Waals surface area contributed by atoms with E-state index in [1.54, 1.807) is 48.6 Å². The fraction of sp³-hybridized carbons (Fsp3) is 0.200. The second-order valence-electron chi connectivity index (χ2n) is 5.03. The lowest BCUT2D eigenvalue weighted by Gasteiger charge is -2.26. The summed E-state index contributed by atoms with van der Waals surface area (Å²) < 4.78 is 31.6. The third-order valence-electron chi connectivity index (χ3n) is 3.43. The van der Waals surface area contributed by atoms with E-state index in [-0.39, 0.29) is 18.2 Å². The number of hydrogen-bond donors (Lipinski definition) is 1. The third-order valence-corrected chi connectivity index (χ3v) is 4.60. The smallest absolute Gasteiger partial charge is 0.257 e. The number of carbonyl (C=O) groups excluding carboxylic acids is 1. The van der Waals surface area contributed by atoms with E-state index in [2.05, 4.69) is 9.71 Å². The van der Waals surface area contributed by atoms with E-state index in [1.165, 1.54) is 6.08 Å². The Balaban J connectivity index is 1.74. The quantitative estimate of drug-likeness (QED) is 0.896. The van der Waals surface area contributed by atoms with Crippen molar-refractivity contribution in [3.05, 3.63) is 48.2 Å². The molecule has 0 fully saturated rings. The molecule has 2 heterocycles. The molecule has 0 unspecified atom stereocenters. The van der Waals surface area contributed by atoms with Gasteiger partial charge in [-0.05, 0) is 36.4 Å². The Bertz CT molecular complexity index is 823. The summed E-state index contributed by atoms with van der Waals surface area (Å²) in [5.41, 5.74) is 1.07. The highest BCUT2D eigenvalue weighted by molar-refractivity contribution is 7.90. The number of hydrogen-bond acceptors (Lipinski definition) is 5. The van der Waals surface area contributed by atoms with Gasteiger partial charge in [-0.15, -0.1) is 4.40 Å². The standard InChI is InChI=1S/C15H15N3O4S/c1-22-13-5-3-12(4-6-13)16-15(19)11-2-7-14-17-23(20,21)9-8-18(14)10-11/h2-7,10H,8-9H2,1H3,(H,16,19). The number of sulfonamides is 1. The van der Waals surface area contributed by atoms with Crippen LogP contribution in [-0.2, 0) is 14.8 Å². The largest absolute Gasteiger partial charge is 0.497 e. The van der Waals surface area contributed by atoms with Gasteiger partial charge in [-0.3, -0.25) is 4.79 Å². The van der Waals surface area contributed by atoms with Crippen LogP contribution in [0.15, 0.2) is 52.6 Å². The lowest BCUT2D eigenvalue weighted by atomic mass is 10.1. The molecular formula is C15H15N3O4S. The first-order valence-corrected chi connectivity index (χ1v) is 8.52. The number of ether oxygens (including phenoxy) is 1. The van der Waals surface area contributed by atoms with Crippen LogP contribution in [-0.4, -0.2) is 44.5 Å². The summed E-state index contributed by atoms with van der Waals surface area (Å²) in [6.45, 7) is 0.283. The topological polar surface area (TPSA) is 88.1 Å². The lowest BCUT2D eigenvalue weighted by molar-refractivity contribution is -0.112. The summed E-state index contributed by atoms with van der Waals surface area (Å²) >= 11 is 0. The summed E-state index contributed by atoms with van der Waals surface area (Å²) in [6, 6.07) is 6.98. The average Bonchev–Trinajstić information content (AvgIpc) is 2.54. The van der Waals surface area contributed by atoms with Gasteiger partial charge in [0.1, 0.15) is 11.6 Å². The number of nitrogens with one attached hydrogen (secondary N) is 1.